The molecule has 0 spiro atoms. The van der Waals surface area contributed by atoms with Gasteiger partial charge in [0.15, 0.2) is 12.4 Å². The maximum Gasteiger partial charge on any atom is 0.170 e. The number of nitrogens with zero attached hydrogens (tertiary/aromatic N) is 2. The van der Waals surface area contributed by atoms with E-state index in [1.807, 2.05) is 0 Å². The molecule has 0 aliphatic rings. The molecular formula is C23H43N2+. The highest BCUT2D eigenvalue weighted by Gasteiger charge is 2.02. The van der Waals surface area contributed by atoms with Crippen LogP contribution in [0.3, 0.4) is 0 Å². The minimum atomic E-state index is 1.16. The Hall–Kier alpha value is -1.05. The molecule has 2 nitrogen and oxygen atoms in total. The van der Waals surface area contributed by atoms with Crippen LogP contribution in [0, 0.1) is 0 Å². The number of rotatable bonds is 16. The largest absolute Gasteiger partial charge is 0.377 e. The standard InChI is InChI=1S/C23H43N2/c1-4-5-6-7-8-9-10-11-12-13-14-15-16-17-20-25-21-18-23(19-22-25)24(2)3/h18-19,21-22H,4-17,20H2,1-3H3/q+1. The lowest BCUT2D eigenvalue weighted by molar-refractivity contribution is -0.697. The van der Waals surface area contributed by atoms with Crippen LogP contribution in [-0.4, -0.2) is 14.1 Å². The monoisotopic (exact) mass is 347 g/mol. The Morgan fingerprint density at radius 1 is 0.640 bits per heavy atom. The van der Waals surface area contributed by atoms with Crippen molar-refractivity contribution in [2.24, 2.45) is 0 Å². The molecule has 144 valence electrons. The van der Waals surface area contributed by atoms with Crippen LogP contribution in [0.5, 0.6) is 0 Å². The minimum Gasteiger partial charge on any atom is -0.377 e. The van der Waals surface area contributed by atoms with E-state index in [1.54, 1.807) is 0 Å². The van der Waals surface area contributed by atoms with Gasteiger partial charge >= 0.3 is 0 Å². The Morgan fingerprint density at radius 2 is 1.04 bits per heavy atom. The highest BCUT2D eigenvalue weighted by atomic mass is 15.1. The first-order valence-corrected chi connectivity index (χ1v) is 10.9. The van der Waals surface area contributed by atoms with Crippen molar-refractivity contribution in [2.75, 3.05) is 19.0 Å². The average molecular weight is 348 g/mol. The van der Waals surface area contributed by atoms with Crippen molar-refractivity contribution in [3.05, 3.63) is 24.5 Å². The lowest BCUT2D eigenvalue weighted by Crippen LogP contribution is -2.32. The van der Waals surface area contributed by atoms with Gasteiger partial charge < -0.3 is 4.90 Å². The van der Waals surface area contributed by atoms with Crippen molar-refractivity contribution in [3.8, 4) is 0 Å². The van der Waals surface area contributed by atoms with E-state index in [9.17, 15) is 0 Å². The van der Waals surface area contributed by atoms with Gasteiger partial charge in [0.05, 0.1) is 0 Å². The molecule has 1 aromatic heterocycles. The number of anilines is 1. The summed E-state index contributed by atoms with van der Waals surface area (Å²) in [6.45, 7) is 3.45. The first-order valence-electron chi connectivity index (χ1n) is 10.9. The van der Waals surface area contributed by atoms with Crippen LogP contribution in [0.15, 0.2) is 24.5 Å². The molecule has 1 rings (SSSR count). The predicted octanol–water partition coefficient (Wildman–Crippen LogP) is 6.52. The van der Waals surface area contributed by atoms with E-state index in [-0.39, 0.29) is 0 Å². The summed E-state index contributed by atoms with van der Waals surface area (Å²) in [5, 5.41) is 0. The van der Waals surface area contributed by atoms with Crippen LogP contribution in [0.25, 0.3) is 0 Å². The molecule has 0 N–H and O–H groups in total. The number of hydrogen-bond acceptors (Lipinski definition) is 1. The summed E-state index contributed by atoms with van der Waals surface area (Å²) in [5.41, 5.74) is 1.28. The van der Waals surface area contributed by atoms with E-state index in [0.29, 0.717) is 0 Å². The lowest BCUT2D eigenvalue weighted by Gasteiger charge is -2.10. The molecular weight excluding hydrogens is 304 g/mol. The van der Waals surface area contributed by atoms with Gasteiger partial charge in [-0.05, 0) is 6.42 Å². The van der Waals surface area contributed by atoms with Crippen LogP contribution in [0.4, 0.5) is 5.69 Å². The predicted molar refractivity (Wildman–Crippen MR) is 111 cm³/mol. The average Bonchev–Trinajstić information content (AvgIpc) is 2.62. The van der Waals surface area contributed by atoms with E-state index >= 15 is 0 Å². The highest BCUT2D eigenvalue weighted by molar-refractivity contribution is 5.41. The minimum absolute atomic E-state index is 1.16. The third-order valence-electron chi connectivity index (χ3n) is 5.16. The number of aryl methyl sites for hydroxylation is 1. The molecule has 0 aromatic carbocycles. The molecule has 0 amide bonds. The van der Waals surface area contributed by atoms with E-state index in [0.717, 1.165) is 6.54 Å². The van der Waals surface area contributed by atoms with E-state index < -0.39 is 0 Å². The SMILES string of the molecule is CCCCCCCCCCCCCCCC[n+]1ccc(N(C)C)cc1. The van der Waals surface area contributed by atoms with Gasteiger partial charge in [0.2, 0.25) is 0 Å². The van der Waals surface area contributed by atoms with Gasteiger partial charge in [0.1, 0.15) is 6.54 Å². The van der Waals surface area contributed by atoms with Gasteiger partial charge in [-0.25, -0.2) is 4.57 Å². The zero-order valence-corrected chi connectivity index (χ0v) is 17.3. The summed E-state index contributed by atoms with van der Waals surface area (Å²) in [7, 11) is 4.18. The smallest absolute Gasteiger partial charge is 0.170 e. The van der Waals surface area contributed by atoms with Gasteiger partial charge in [0.25, 0.3) is 0 Å². The molecule has 25 heavy (non-hydrogen) atoms. The topological polar surface area (TPSA) is 7.12 Å². The second kappa shape index (κ2) is 15.2. The maximum absolute atomic E-state index is 2.31. The Kier molecular flexibility index (Phi) is 13.4. The van der Waals surface area contributed by atoms with Crippen molar-refractivity contribution in [2.45, 2.75) is 103 Å². The fourth-order valence-corrected chi connectivity index (χ4v) is 3.39. The Morgan fingerprint density at radius 3 is 1.44 bits per heavy atom. The van der Waals surface area contributed by atoms with Crippen molar-refractivity contribution >= 4 is 5.69 Å². The van der Waals surface area contributed by atoms with Crippen LogP contribution in [0.1, 0.15) is 96.8 Å². The van der Waals surface area contributed by atoms with Crippen molar-refractivity contribution in [3.63, 3.8) is 0 Å². The van der Waals surface area contributed by atoms with Crippen molar-refractivity contribution in [1.82, 2.24) is 0 Å². The van der Waals surface area contributed by atoms with E-state index in [1.165, 1.54) is 95.6 Å². The third kappa shape index (κ3) is 12.0. The Labute approximate surface area is 157 Å². The summed E-state index contributed by atoms with van der Waals surface area (Å²) in [6.07, 6.45) is 24.4. The lowest BCUT2D eigenvalue weighted by atomic mass is 10.0. The zero-order chi connectivity index (χ0) is 18.2. The molecule has 0 atom stereocenters. The molecule has 0 aliphatic carbocycles. The van der Waals surface area contributed by atoms with Gasteiger partial charge in [0, 0.05) is 38.3 Å². The Balaban J connectivity index is 1.84. The van der Waals surface area contributed by atoms with Gasteiger partial charge in [-0.3, -0.25) is 0 Å². The molecule has 0 aliphatic heterocycles. The normalized spacial score (nSPS) is 11.0. The van der Waals surface area contributed by atoms with E-state index in [4.69, 9.17) is 0 Å². The molecule has 0 fully saturated rings. The number of pyridine rings is 1. The molecule has 0 bridgehead atoms. The van der Waals surface area contributed by atoms with E-state index in [2.05, 4.69) is 55.0 Å². The molecule has 0 radical (unpaired) electrons. The zero-order valence-electron chi connectivity index (χ0n) is 17.3. The Bertz CT molecular complexity index is 397. The molecule has 1 heterocycles. The van der Waals surface area contributed by atoms with Crippen LogP contribution in [0.2, 0.25) is 0 Å². The van der Waals surface area contributed by atoms with Crippen molar-refractivity contribution < 1.29 is 4.57 Å². The summed E-state index contributed by atoms with van der Waals surface area (Å²) >= 11 is 0. The van der Waals surface area contributed by atoms with Gasteiger partial charge in [-0.15, -0.1) is 0 Å². The van der Waals surface area contributed by atoms with Crippen molar-refractivity contribution in [1.29, 1.82) is 0 Å². The fourth-order valence-electron chi connectivity index (χ4n) is 3.39. The fraction of sp³-hybridized carbons (Fsp3) is 0.783. The van der Waals surface area contributed by atoms with Crippen LogP contribution in [-0.2, 0) is 6.54 Å². The summed E-state index contributed by atoms with van der Waals surface area (Å²) < 4.78 is 2.31. The summed E-state index contributed by atoms with van der Waals surface area (Å²) in [6, 6.07) is 4.40. The highest BCUT2D eigenvalue weighted by Crippen LogP contribution is 2.13. The second-order valence-electron chi connectivity index (χ2n) is 7.78. The summed E-state index contributed by atoms with van der Waals surface area (Å²) in [5.74, 6) is 0. The van der Waals surface area contributed by atoms with Crippen LogP contribution >= 0.6 is 0 Å². The van der Waals surface area contributed by atoms with Gasteiger partial charge in [-0.1, -0.05) is 84.0 Å². The number of hydrogen-bond donors (Lipinski definition) is 0. The number of aromatic nitrogens is 1. The first-order chi connectivity index (χ1) is 12.2. The molecule has 1 aromatic rings. The number of unbranched alkanes of at least 4 members (excludes halogenated alkanes) is 13. The van der Waals surface area contributed by atoms with Gasteiger partial charge in [-0.2, -0.15) is 0 Å². The second-order valence-corrected chi connectivity index (χ2v) is 7.78. The molecule has 0 unspecified atom stereocenters. The first kappa shape index (κ1) is 22.0. The molecule has 0 saturated heterocycles. The molecule has 2 heteroatoms. The quantitative estimate of drug-likeness (QED) is 0.244. The maximum atomic E-state index is 2.31. The van der Waals surface area contributed by atoms with Crippen LogP contribution < -0.4 is 9.47 Å². The summed E-state index contributed by atoms with van der Waals surface area (Å²) in [4.78, 5) is 2.15. The third-order valence-corrected chi connectivity index (χ3v) is 5.16. The molecule has 0 saturated carbocycles.